The Labute approximate surface area is 119 Å². The number of halogens is 1. The van der Waals surface area contributed by atoms with Crippen molar-refractivity contribution in [3.63, 3.8) is 0 Å². The molecule has 0 aromatic heterocycles. The van der Waals surface area contributed by atoms with Gasteiger partial charge < -0.3 is 0 Å². The second kappa shape index (κ2) is 6.64. The van der Waals surface area contributed by atoms with Crippen LogP contribution in [-0.2, 0) is 6.42 Å². The number of benzene rings is 2. The van der Waals surface area contributed by atoms with Gasteiger partial charge in [0.2, 0.25) is 0 Å². The molecule has 1 atom stereocenters. The normalized spacial score (nSPS) is 12.4. The van der Waals surface area contributed by atoms with Crippen LogP contribution in [0.25, 0.3) is 0 Å². The summed E-state index contributed by atoms with van der Waals surface area (Å²) < 4.78 is 13.9. The van der Waals surface area contributed by atoms with Crippen LogP contribution in [0.4, 0.5) is 4.39 Å². The molecule has 2 nitrogen and oxygen atoms in total. The van der Waals surface area contributed by atoms with E-state index in [2.05, 4.69) is 36.6 Å². The van der Waals surface area contributed by atoms with E-state index in [9.17, 15) is 4.39 Å². The number of nitrogens with two attached hydrogens (primary N) is 1. The molecule has 2 aromatic carbocycles. The maximum absolute atomic E-state index is 13.9. The minimum atomic E-state index is -0.206. The number of hydrazine groups is 1. The maximum atomic E-state index is 13.9. The van der Waals surface area contributed by atoms with E-state index in [0.29, 0.717) is 5.56 Å². The number of hydrogen-bond acceptors (Lipinski definition) is 2. The van der Waals surface area contributed by atoms with Crippen LogP contribution in [0.15, 0.2) is 42.5 Å². The average molecular weight is 272 g/mol. The van der Waals surface area contributed by atoms with E-state index in [1.165, 1.54) is 17.2 Å². The van der Waals surface area contributed by atoms with Crippen molar-refractivity contribution in [3.05, 3.63) is 70.5 Å². The molecule has 106 valence electrons. The Kier molecular flexibility index (Phi) is 4.88. The highest BCUT2D eigenvalue weighted by atomic mass is 19.1. The van der Waals surface area contributed by atoms with Crippen molar-refractivity contribution < 1.29 is 4.39 Å². The third-order valence-corrected chi connectivity index (χ3v) is 3.57. The summed E-state index contributed by atoms with van der Waals surface area (Å²) in [7, 11) is 0. The average Bonchev–Trinajstić information content (AvgIpc) is 2.45. The first-order valence-corrected chi connectivity index (χ1v) is 6.88. The van der Waals surface area contributed by atoms with Crippen LogP contribution >= 0.6 is 0 Å². The minimum Gasteiger partial charge on any atom is -0.271 e. The molecule has 0 fully saturated rings. The second-order valence-electron chi connectivity index (χ2n) is 5.27. The molecule has 0 radical (unpaired) electrons. The molecule has 0 amide bonds. The Bertz CT molecular complexity index is 564. The van der Waals surface area contributed by atoms with Crippen LogP contribution < -0.4 is 11.3 Å². The Morgan fingerprint density at radius 2 is 1.70 bits per heavy atom. The van der Waals surface area contributed by atoms with Gasteiger partial charge in [0.25, 0.3) is 0 Å². The molecule has 1 unspecified atom stereocenters. The van der Waals surface area contributed by atoms with Crippen molar-refractivity contribution in [1.82, 2.24) is 5.43 Å². The van der Waals surface area contributed by atoms with Gasteiger partial charge in [-0.25, -0.2) is 4.39 Å². The highest BCUT2D eigenvalue weighted by Gasteiger charge is 2.14. The molecule has 3 heteroatoms. The Morgan fingerprint density at radius 1 is 1.05 bits per heavy atom. The van der Waals surface area contributed by atoms with Gasteiger partial charge in [0.15, 0.2) is 0 Å². The number of nitrogens with one attached hydrogen (secondary N) is 1. The van der Waals surface area contributed by atoms with Gasteiger partial charge in [-0.1, -0.05) is 47.5 Å². The Hall–Kier alpha value is -1.71. The first kappa shape index (κ1) is 14.7. The predicted molar refractivity (Wildman–Crippen MR) is 80.7 cm³/mol. The number of hydrogen-bond donors (Lipinski definition) is 2. The number of aryl methyl sites for hydroxylation is 3. The highest BCUT2D eigenvalue weighted by molar-refractivity contribution is 5.27. The molecule has 2 aromatic rings. The van der Waals surface area contributed by atoms with Crippen molar-refractivity contribution >= 4 is 0 Å². The highest BCUT2D eigenvalue weighted by Crippen LogP contribution is 2.22. The summed E-state index contributed by atoms with van der Waals surface area (Å²) in [5.74, 6) is 5.39. The van der Waals surface area contributed by atoms with Crippen molar-refractivity contribution in [2.24, 2.45) is 5.84 Å². The summed E-state index contributed by atoms with van der Waals surface area (Å²) in [6, 6.07) is 13.4. The zero-order valence-electron chi connectivity index (χ0n) is 12.0. The molecule has 0 bridgehead atoms. The lowest BCUT2D eigenvalue weighted by molar-refractivity contribution is 0.485. The first-order chi connectivity index (χ1) is 9.60. The van der Waals surface area contributed by atoms with Crippen molar-refractivity contribution in [2.75, 3.05) is 0 Å². The van der Waals surface area contributed by atoms with Crippen molar-refractivity contribution in [3.8, 4) is 0 Å². The second-order valence-corrected chi connectivity index (χ2v) is 5.27. The third kappa shape index (κ3) is 3.65. The van der Waals surface area contributed by atoms with E-state index in [1.807, 2.05) is 13.0 Å². The quantitative estimate of drug-likeness (QED) is 0.645. The van der Waals surface area contributed by atoms with E-state index < -0.39 is 0 Å². The van der Waals surface area contributed by atoms with Crippen LogP contribution in [0.3, 0.4) is 0 Å². The topological polar surface area (TPSA) is 38.0 Å². The molecule has 0 aliphatic rings. The van der Waals surface area contributed by atoms with Gasteiger partial charge >= 0.3 is 0 Å². The van der Waals surface area contributed by atoms with Crippen LogP contribution in [0.5, 0.6) is 0 Å². The zero-order valence-corrected chi connectivity index (χ0v) is 12.0. The van der Waals surface area contributed by atoms with E-state index in [1.54, 1.807) is 6.07 Å². The summed E-state index contributed by atoms with van der Waals surface area (Å²) in [6.07, 6.45) is 1.63. The van der Waals surface area contributed by atoms with Crippen molar-refractivity contribution in [1.29, 1.82) is 0 Å². The maximum Gasteiger partial charge on any atom is 0.128 e. The van der Waals surface area contributed by atoms with Crippen LogP contribution in [-0.4, -0.2) is 0 Å². The lowest BCUT2D eigenvalue weighted by Gasteiger charge is -2.17. The van der Waals surface area contributed by atoms with E-state index in [-0.39, 0.29) is 11.9 Å². The van der Waals surface area contributed by atoms with Gasteiger partial charge in [0, 0.05) is 11.6 Å². The molecule has 20 heavy (non-hydrogen) atoms. The molecular formula is C17H21FN2. The minimum absolute atomic E-state index is 0.170. The molecular weight excluding hydrogens is 251 g/mol. The van der Waals surface area contributed by atoms with Gasteiger partial charge in [0.1, 0.15) is 5.82 Å². The first-order valence-electron chi connectivity index (χ1n) is 6.88. The van der Waals surface area contributed by atoms with Gasteiger partial charge in [-0.05, 0) is 38.3 Å². The Balaban J connectivity index is 2.09. The van der Waals surface area contributed by atoms with Crippen LogP contribution in [0.1, 0.15) is 34.7 Å². The molecule has 2 rings (SSSR count). The fourth-order valence-electron chi connectivity index (χ4n) is 2.32. The molecule has 0 saturated heterocycles. The van der Waals surface area contributed by atoms with E-state index in [4.69, 9.17) is 5.84 Å². The standard InChI is InChI=1S/C17H21FN2/c1-12-3-6-14(7-4-12)8-10-17(20-19)15-11-13(2)5-9-16(15)18/h3-7,9,11,17,20H,8,10,19H2,1-2H3. The molecule has 0 saturated carbocycles. The van der Waals surface area contributed by atoms with Crippen molar-refractivity contribution in [2.45, 2.75) is 32.7 Å². The monoisotopic (exact) mass is 272 g/mol. The van der Waals surface area contributed by atoms with Gasteiger partial charge in [-0.15, -0.1) is 0 Å². The SMILES string of the molecule is Cc1ccc(CCC(NN)c2cc(C)ccc2F)cc1. The van der Waals surface area contributed by atoms with Gasteiger partial charge in [0.05, 0.1) is 0 Å². The molecule has 3 N–H and O–H groups in total. The predicted octanol–water partition coefficient (Wildman–Crippen LogP) is 3.58. The molecule has 0 spiro atoms. The lowest BCUT2D eigenvalue weighted by atomic mass is 9.97. The summed E-state index contributed by atoms with van der Waals surface area (Å²) in [4.78, 5) is 0. The number of rotatable bonds is 5. The Morgan fingerprint density at radius 3 is 2.35 bits per heavy atom. The summed E-state index contributed by atoms with van der Waals surface area (Å²) in [5.41, 5.74) is 6.89. The van der Waals surface area contributed by atoms with Gasteiger partial charge in [-0.2, -0.15) is 0 Å². The third-order valence-electron chi connectivity index (χ3n) is 3.57. The smallest absolute Gasteiger partial charge is 0.128 e. The summed E-state index contributed by atoms with van der Waals surface area (Å²) >= 11 is 0. The summed E-state index contributed by atoms with van der Waals surface area (Å²) in [6.45, 7) is 4.02. The summed E-state index contributed by atoms with van der Waals surface area (Å²) in [5, 5.41) is 0. The van der Waals surface area contributed by atoms with E-state index in [0.717, 1.165) is 18.4 Å². The fourth-order valence-corrected chi connectivity index (χ4v) is 2.32. The molecule has 0 aliphatic heterocycles. The molecule has 0 aliphatic carbocycles. The van der Waals surface area contributed by atoms with Crippen LogP contribution in [0, 0.1) is 19.7 Å². The van der Waals surface area contributed by atoms with E-state index >= 15 is 0 Å². The van der Waals surface area contributed by atoms with Gasteiger partial charge in [-0.3, -0.25) is 11.3 Å². The fraction of sp³-hybridized carbons (Fsp3) is 0.294. The largest absolute Gasteiger partial charge is 0.271 e. The van der Waals surface area contributed by atoms with Crippen LogP contribution in [0.2, 0.25) is 0 Å². The molecule has 0 heterocycles. The lowest BCUT2D eigenvalue weighted by Crippen LogP contribution is -2.29. The zero-order chi connectivity index (χ0) is 14.5.